The third kappa shape index (κ3) is 4.56. The molecular formula is C23H27N5O6S. The van der Waals surface area contributed by atoms with Gasteiger partial charge >= 0.3 is 6.03 Å². The lowest BCUT2D eigenvalue weighted by Crippen LogP contribution is -2.39. The standard InChI is InChI=1S/C23H27N5O6S/c1-14-5-17(19-8-21(27-22(24)29)25-13-28(14)19)18-6-16(34-9-15-10-35(30,31)11-15)7-20(26-18)23(32-2)3-4-33-12-23/h5-8,13,15H,3-4,9-12H2,1-2H3,(H3,24,27,29)/t23-/m1/s1. The Bertz CT molecular complexity index is 1380. The van der Waals surface area contributed by atoms with Crippen molar-refractivity contribution in [3.8, 4) is 17.0 Å². The van der Waals surface area contributed by atoms with Crippen molar-refractivity contribution in [3.63, 3.8) is 0 Å². The van der Waals surface area contributed by atoms with E-state index >= 15 is 0 Å². The molecule has 2 fully saturated rings. The van der Waals surface area contributed by atoms with Gasteiger partial charge in [-0.2, -0.15) is 0 Å². The van der Waals surface area contributed by atoms with E-state index in [0.717, 1.165) is 16.8 Å². The zero-order valence-corrected chi connectivity index (χ0v) is 20.3. The number of sulfone groups is 1. The van der Waals surface area contributed by atoms with Gasteiger partial charge in [-0.3, -0.25) is 5.32 Å². The van der Waals surface area contributed by atoms with E-state index in [1.54, 1.807) is 19.5 Å². The molecule has 11 nitrogen and oxygen atoms in total. The fourth-order valence-electron chi connectivity index (χ4n) is 4.61. The van der Waals surface area contributed by atoms with Crippen molar-refractivity contribution < 1.29 is 27.4 Å². The number of carbonyl (C=O) groups excluding carboxylic acids is 1. The number of anilines is 1. The lowest BCUT2D eigenvalue weighted by molar-refractivity contribution is -0.0247. The molecule has 3 aromatic rings. The summed E-state index contributed by atoms with van der Waals surface area (Å²) in [4.78, 5) is 20.5. The zero-order chi connectivity index (χ0) is 24.8. The molecule has 5 heterocycles. The maximum Gasteiger partial charge on any atom is 0.317 e. The predicted molar refractivity (Wildman–Crippen MR) is 128 cm³/mol. The summed E-state index contributed by atoms with van der Waals surface area (Å²) in [6.07, 6.45) is 2.26. The van der Waals surface area contributed by atoms with Gasteiger partial charge in [0.25, 0.3) is 0 Å². The van der Waals surface area contributed by atoms with Crippen LogP contribution in [0.1, 0.15) is 17.8 Å². The minimum Gasteiger partial charge on any atom is -0.493 e. The fourth-order valence-corrected chi connectivity index (χ4v) is 6.14. The average molecular weight is 502 g/mol. The smallest absolute Gasteiger partial charge is 0.317 e. The number of nitrogens with zero attached hydrogens (tertiary/aromatic N) is 3. The molecular weight excluding hydrogens is 474 g/mol. The molecule has 0 spiro atoms. The van der Waals surface area contributed by atoms with Crippen molar-refractivity contribution in [2.24, 2.45) is 11.7 Å². The van der Waals surface area contributed by atoms with E-state index in [-0.39, 0.29) is 17.4 Å². The summed E-state index contributed by atoms with van der Waals surface area (Å²) < 4.78 is 42.5. The Morgan fingerprint density at radius 3 is 2.77 bits per heavy atom. The van der Waals surface area contributed by atoms with Crippen LogP contribution in [0.2, 0.25) is 0 Å². The third-order valence-corrected chi connectivity index (χ3v) is 8.45. The van der Waals surface area contributed by atoms with Crippen LogP contribution in [0.5, 0.6) is 5.75 Å². The molecule has 186 valence electrons. The number of rotatable bonds is 7. The molecule has 3 N–H and O–H groups in total. The SMILES string of the molecule is CO[C@]1(c2cc(OCC3CS(=O)(=O)C3)cc(-c3cc(C)n4cnc(NC(N)=O)cc34)n2)CCOC1. The monoisotopic (exact) mass is 501 g/mol. The van der Waals surface area contributed by atoms with Crippen LogP contribution in [0.3, 0.4) is 0 Å². The molecule has 2 aliphatic heterocycles. The molecule has 1 atom stereocenters. The first-order valence-electron chi connectivity index (χ1n) is 11.2. The Labute approximate surface area is 202 Å². The number of methoxy groups -OCH3 is 1. The van der Waals surface area contributed by atoms with Gasteiger partial charge in [0, 0.05) is 55.5 Å². The number of primary amides is 1. The predicted octanol–water partition coefficient (Wildman–Crippen LogP) is 1.88. The van der Waals surface area contributed by atoms with Gasteiger partial charge in [0.1, 0.15) is 23.5 Å². The normalized spacial score (nSPS) is 21.7. The number of aryl methyl sites for hydroxylation is 1. The van der Waals surface area contributed by atoms with Crippen LogP contribution in [-0.4, -0.2) is 67.3 Å². The summed E-state index contributed by atoms with van der Waals surface area (Å²) in [7, 11) is -1.30. The molecule has 2 amide bonds. The van der Waals surface area contributed by atoms with E-state index in [2.05, 4.69) is 10.3 Å². The minimum atomic E-state index is -2.93. The summed E-state index contributed by atoms with van der Waals surface area (Å²) in [6, 6.07) is 6.66. The third-order valence-electron chi connectivity index (χ3n) is 6.49. The van der Waals surface area contributed by atoms with Gasteiger partial charge < -0.3 is 24.3 Å². The molecule has 12 heteroatoms. The van der Waals surface area contributed by atoms with E-state index in [9.17, 15) is 13.2 Å². The molecule has 35 heavy (non-hydrogen) atoms. The zero-order valence-electron chi connectivity index (χ0n) is 19.5. The quantitative estimate of drug-likeness (QED) is 0.499. The molecule has 2 aliphatic rings. The van der Waals surface area contributed by atoms with Gasteiger partial charge in [0.2, 0.25) is 0 Å². The summed E-state index contributed by atoms with van der Waals surface area (Å²) in [5.41, 5.74) is 8.38. The number of amides is 2. The summed E-state index contributed by atoms with van der Waals surface area (Å²) in [5.74, 6) is 1.14. The highest BCUT2D eigenvalue weighted by molar-refractivity contribution is 7.92. The van der Waals surface area contributed by atoms with E-state index in [0.29, 0.717) is 49.2 Å². The molecule has 0 unspecified atom stereocenters. The lowest BCUT2D eigenvalue weighted by atomic mass is 9.97. The Kier molecular flexibility index (Phi) is 5.90. The number of nitrogens with two attached hydrogens (primary N) is 1. The van der Waals surface area contributed by atoms with E-state index in [1.807, 2.05) is 29.5 Å². The Hall–Kier alpha value is -3.22. The average Bonchev–Trinajstić information content (AvgIpc) is 3.41. The topological polar surface area (TPSA) is 147 Å². The molecule has 3 aromatic heterocycles. The number of hydrogen-bond acceptors (Lipinski definition) is 8. The number of aromatic nitrogens is 3. The van der Waals surface area contributed by atoms with Gasteiger partial charge in [0.05, 0.1) is 41.6 Å². The summed E-state index contributed by atoms with van der Waals surface area (Å²) >= 11 is 0. The molecule has 0 saturated carbocycles. The number of urea groups is 1. The fraction of sp³-hybridized carbons (Fsp3) is 0.435. The second-order valence-corrected chi connectivity index (χ2v) is 11.2. The van der Waals surface area contributed by atoms with Crippen LogP contribution < -0.4 is 15.8 Å². The molecule has 0 aromatic carbocycles. The van der Waals surface area contributed by atoms with Crippen molar-refractivity contribution in [2.45, 2.75) is 18.9 Å². The van der Waals surface area contributed by atoms with Crippen LogP contribution in [0.25, 0.3) is 16.8 Å². The molecule has 5 rings (SSSR count). The maximum atomic E-state index is 11.5. The summed E-state index contributed by atoms with van der Waals surface area (Å²) in [6.45, 7) is 3.16. The molecule has 0 bridgehead atoms. The molecule has 2 saturated heterocycles. The van der Waals surface area contributed by atoms with Crippen LogP contribution in [-0.2, 0) is 24.9 Å². The van der Waals surface area contributed by atoms with Gasteiger partial charge in [-0.05, 0) is 13.0 Å². The van der Waals surface area contributed by atoms with Crippen molar-refractivity contribution in [1.29, 1.82) is 0 Å². The lowest BCUT2D eigenvalue weighted by Gasteiger charge is -2.27. The maximum absolute atomic E-state index is 11.5. The van der Waals surface area contributed by atoms with Gasteiger partial charge in [-0.1, -0.05) is 0 Å². The number of carbonyl (C=O) groups is 1. The van der Waals surface area contributed by atoms with Gasteiger partial charge in [-0.25, -0.2) is 23.2 Å². The van der Waals surface area contributed by atoms with Crippen molar-refractivity contribution in [1.82, 2.24) is 14.4 Å². The second-order valence-electron chi connectivity index (χ2n) is 9.05. The first-order valence-corrected chi connectivity index (χ1v) is 13.0. The first-order chi connectivity index (χ1) is 16.7. The highest BCUT2D eigenvalue weighted by atomic mass is 32.2. The van der Waals surface area contributed by atoms with Gasteiger partial charge in [-0.15, -0.1) is 0 Å². The van der Waals surface area contributed by atoms with E-state index in [1.165, 1.54) is 0 Å². The highest BCUT2D eigenvalue weighted by Gasteiger charge is 2.39. The van der Waals surface area contributed by atoms with Crippen LogP contribution in [0.4, 0.5) is 10.6 Å². The second kappa shape index (κ2) is 8.77. The van der Waals surface area contributed by atoms with E-state index in [4.69, 9.17) is 24.9 Å². The van der Waals surface area contributed by atoms with Crippen LogP contribution in [0, 0.1) is 12.8 Å². The van der Waals surface area contributed by atoms with Crippen molar-refractivity contribution >= 4 is 27.2 Å². The number of nitrogens with one attached hydrogen (secondary N) is 1. The Morgan fingerprint density at radius 2 is 2.11 bits per heavy atom. The highest BCUT2D eigenvalue weighted by Crippen LogP contribution is 2.38. The summed E-state index contributed by atoms with van der Waals surface area (Å²) in [5, 5.41) is 2.50. The minimum absolute atomic E-state index is 0.0303. The van der Waals surface area contributed by atoms with Crippen LogP contribution >= 0.6 is 0 Å². The van der Waals surface area contributed by atoms with Gasteiger partial charge in [0.15, 0.2) is 9.84 Å². The number of ether oxygens (including phenoxy) is 3. The van der Waals surface area contributed by atoms with Crippen molar-refractivity contribution in [2.75, 3.05) is 43.8 Å². The molecule has 0 aliphatic carbocycles. The van der Waals surface area contributed by atoms with Crippen molar-refractivity contribution in [3.05, 3.63) is 42.0 Å². The first kappa shape index (κ1) is 23.5. The Balaban J connectivity index is 1.57. The number of hydrogen-bond donors (Lipinski definition) is 2. The van der Waals surface area contributed by atoms with E-state index < -0.39 is 21.5 Å². The number of pyridine rings is 1. The Morgan fingerprint density at radius 1 is 1.31 bits per heavy atom. The number of fused-ring (bicyclic) bond motifs is 1. The van der Waals surface area contributed by atoms with Crippen LogP contribution in [0.15, 0.2) is 30.6 Å². The largest absolute Gasteiger partial charge is 0.493 e. The molecule has 0 radical (unpaired) electrons.